The Balaban J connectivity index is 1.37. The molecule has 14 nitrogen and oxygen atoms in total. The van der Waals surface area contributed by atoms with E-state index in [0.717, 1.165) is 16.8 Å². The fourth-order valence-corrected chi connectivity index (χ4v) is 4.61. The monoisotopic (exact) mass is 571 g/mol. The highest BCUT2D eigenvalue weighted by atomic mass is 19.1. The molecule has 1 aliphatic rings. The Morgan fingerprint density at radius 2 is 2.00 bits per heavy atom. The van der Waals surface area contributed by atoms with Gasteiger partial charge in [-0.2, -0.15) is 10.4 Å². The van der Waals surface area contributed by atoms with Crippen LogP contribution in [0, 0.1) is 17.3 Å². The summed E-state index contributed by atoms with van der Waals surface area (Å²) in [6.45, 7) is 0.0211. The molecule has 0 saturated carbocycles. The van der Waals surface area contributed by atoms with E-state index in [2.05, 4.69) is 31.0 Å². The van der Waals surface area contributed by atoms with Gasteiger partial charge in [-0.1, -0.05) is 18.2 Å². The minimum absolute atomic E-state index is 0.0211. The maximum absolute atomic E-state index is 14.5. The van der Waals surface area contributed by atoms with Crippen LogP contribution in [-0.4, -0.2) is 54.7 Å². The van der Waals surface area contributed by atoms with E-state index in [9.17, 15) is 29.0 Å². The van der Waals surface area contributed by atoms with Gasteiger partial charge in [0.1, 0.15) is 11.4 Å². The van der Waals surface area contributed by atoms with E-state index in [-0.39, 0.29) is 41.5 Å². The second-order valence-electron chi connectivity index (χ2n) is 9.28. The number of halogens is 1. The summed E-state index contributed by atoms with van der Waals surface area (Å²) in [5.74, 6) is -3.57. The number of aliphatic hydroxyl groups is 1. The Kier molecular flexibility index (Phi) is 7.45. The Bertz CT molecular complexity index is 1810. The van der Waals surface area contributed by atoms with Crippen LogP contribution in [0.25, 0.3) is 5.65 Å². The van der Waals surface area contributed by atoms with Gasteiger partial charge in [0, 0.05) is 19.0 Å². The predicted molar refractivity (Wildman–Crippen MR) is 144 cm³/mol. The summed E-state index contributed by atoms with van der Waals surface area (Å²) in [5.41, 5.74) is 6.95. The third-order valence-corrected chi connectivity index (χ3v) is 6.52. The number of nitrogens with two attached hydrogens (primary N) is 1. The minimum atomic E-state index is -1.12. The Hall–Kier alpha value is -5.88. The van der Waals surface area contributed by atoms with Gasteiger partial charge in [0.15, 0.2) is 17.7 Å². The number of fused-ring (bicyclic) bond motifs is 2. The Labute approximate surface area is 236 Å². The van der Waals surface area contributed by atoms with Crippen LogP contribution in [0.5, 0.6) is 0 Å². The van der Waals surface area contributed by atoms with Gasteiger partial charge in [0.2, 0.25) is 5.96 Å². The van der Waals surface area contributed by atoms with Crippen LogP contribution < -0.4 is 21.7 Å². The predicted octanol–water partition coefficient (Wildman–Crippen LogP) is 0.902. The highest BCUT2D eigenvalue weighted by Crippen LogP contribution is 2.32. The number of aromatic carboxylic acids is 1. The summed E-state index contributed by atoms with van der Waals surface area (Å²) in [6.07, 6.45) is 1.58. The smallest absolute Gasteiger partial charge is 0.335 e. The number of hydrogen-bond acceptors (Lipinski definition) is 8. The van der Waals surface area contributed by atoms with Crippen molar-refractivity contribution in [2.75, 3.05) is 0 Å². The summed E-state index contributed by atoms with van der Waals surface area (Å²) in [4.78, 5) is 45.8. The molecule has 2 aromatic carbocycles. The van der Waals surface area contributed by atoms with Gasteiger partial charge in [0.05, 0.1) is 29.6 Å². The summed E-state index contributed by atoms with van der Waals surface area (Å²) >= 11 is 0. The number of carboxylic acids is 1. The number of rotatable bonds is 7. The van der Waals surface area contributed by atoms with Gasteiger partial charge in [0.25, 0.3) is 11.8 Å². The number of guanidine groups is 1. The van der Waals surface area contributed by atoms with Gasteiger partial charge < -0.3 is 26.6 Å². The zero-order chi connectivity index (χ0) is 30.0. The molecule has 0 unspecified atom stereocenters. The van der Waals surface area contributed by atoms with Gasteiger partial charge in [-0.25, -0.2) is 23.7 Å². The third-order valence-electron chi connectivity index (χ3n) is 6.52. The lowest BCUT2D eigenvalue weighted by Gasteiger charge is -2.18. The lowest BCUT2D eigenvalue weighted by atomic mass is 10.0. The van der Waals surface area contributed by atoms with Crippen molar-refractivity contribution < 1.29 is 29.0 Å². The van der Waals surface area contributed by atoms with E-state index >= 15 is 0 Å². The average Bonchev–Trinajstić information content (AvgIpc) is 3.49. The topological polar surface area (TPSA) is 220 Å². The third kappa shape index (κ3) is 5.55. The van der Waals surface area contributed by atoms with Gasteiger partial charge in [-0.3, -0.25) is 14.9 Å². The van der Waals surface area contributed by atoms with Crippen LogP contribution in [0.15, 0.2) is 59.7 Å². The first-order chi connectivity index (χ1) is 20.1. The molecule has 212 valence electrons. The Morgan fingerprint density at radius 3 is 2.76 bits per heavy atom. The van der Waals surface area contributed by atoms with E-state index in [1.807, 2.05) is 0 Å². The molecule has 0 fully saturated rings. The number of benzene rings is 2. The van der Waals surface area contributed by atoms with Gasteiger partial charge in [-0.15, -0.1) is 0 Å². The summed E-state index contributed by atoms with van der Waals surface area (Å²) in [7, 11) is 0. The molecule has 0 radical (unpaired) electrons. The lowest BCUT2D eigenvalue weighted by molar-refractivity contribution is 0.0696. The second kappa shape index (κ2) is 11.3. The van der Waals surface area contributed by atoms with E-state index in [0.29, 0.717) is 22.4 Å². The number of aliphatic hydroxyl groups excluding tert-OH is 1. The number of aliphatic imine (C=N–C) groups is 1. The first-order valence-electron chi connectivity index (χ1n) is 12.4. The molecule has 5 rings (SSSR count). The van der Waals surface area contributed by atoms with E-state index in [1.54, 1.807) is 30.5 Å². The van der Waals surface area contributed by atoms with Crippen LogP contribution >= 0.6 is 0 Å². The molecule has 42 heavy (non-hydrogen) atoms. The minimum Gasteiger partial charge on any atom is -0.478 e. The standard InChI is InChI=1S/C27H22FN9O5/c28-18-11-33-37-20(25(40)36-22-17-5-4-14(26(41)42)7-15(17)8-21(22)38)9-19(35-23(18)37)24(39)31-10-13-2-1-3-16(6-13)34-27(30)32-12-29/h1-7,9,11,21-22,38H,8,10H2,(H,31,39)(H,36,40)(H,41,42)(H3,30,32,34)/t21-,22+/m0/s1. The van der Waals surface area contributed by atoms with Crippen LogP contribution in [0.3, 0.4) is 0 Å². The molecule has 2 aromatic heterocycles. The second-order valence-corrected chi connectivity index (χ2v) is 9.28. The number of carboxylic acid groups (broad SMARTS) is 1. The molecule has 2 atom stereocenters. The van der Waals surface area contributed by atoms with Crippen molar-refractivity contribution in [3.8, 4) is 6.19 Å². The SMILES string of the molecule is N#CNC(N)=Nc1cccc(CNC(=O)c2cc(C(=O)N[C@@H]3c4ccc(C(=O)O)cc4C[C@@H]3O)n3ncc(F)c3n2)c1. The van der Waals surface area contributed by atoms with Crippen LogP contribution in [-0.2, 0) is 13.0 Å². The van der Waals surface area contributed by atoms with Crippen LogP contribution in [0.4, 0.5) is 10.1 Å². The fraction of sp³-hybridized carbons (Fsp3) is 0.148. The average molecular weight is 572 g/mol. The van der Waals surface area contributed by atoms with Gasteiger partial charge in [-0.05, 0) is 41.0 Å². The molecular weight excluding hydrogens is 549 g/mol. The van der Waals surface area contributed by atoms with E-state index in [4.69, 9.17) is 11.0 Å². The molecule has 2 heterocycles. The molecule has 0 bridgehead atoms. The van der Waals surface area contributed by atoms with Crippen molar-refractivity contribution in [3.05, 3.63) is 94.2 Å². The number of nitrogens with zero attached hydrogens (tertiary/aromatic N) is 5. The lowest BCUT2D eigenvalue weighted by Crippen LogP contribution is -2.35. The van der Waals surface area contributed by atoms with E-state index < -0.39 is 35.7 Å². The van der Waals surface area contributed by atoms with Crippen LogP contribution in [0.2, 0.25) is 0 Å². The van der Waals surface area contributed by atoms with Gasteiger partial charge >= 0.3 is 5.97 Å². The number of hydrogen-bond donors (Lipinski definition) is 6. The summed E-state index contributed by atoms with van der Waals surface area (Å²) in [6, 6.07) is 11.2. The van der Waals surface area contributed by atoms with Crippen molar-refractivity contribution in [1.29, 1.82) is 5.26 Å². The molecule has 2 amide bonds. The number of carbonyl (C=O) groups is 3. The highest BCUT2D eigenvalue weighted by Gasteiger charge is 2.34. The fourth-order valence-electron chi connectivity index (χ4n) is 4.61. The maximum Gasteiger partial charge on any atom is 0.335 e. The molecular formula is C27H22FN9O5. The first-order valence-corrected chi connectivity index (χ1v) is 12.4. The number of carbonyl (C=O) groups excluding carboxylic acids is 2. The number of nitrogens with one attached hydrogen (secondary N) is 3. The zero-order valence-electron chi connectivity index (χ0n) is 21.6. The molecule has 0 saturated heterocycles. The van der Waals surface area contributed by atoms with E-state index in [1.165, 1.54) is 18.2 Å². The molecule has 7 N–H and O–H groups in total. The Morgan fingerprint density at radius 1 is 1.19 bits per heavy atom. The maximum atomic E-state index is 14.5. The van der Waals surface area contributed by atoms with Crippen molar-refractivity contribution in [2.24, 2.45) is 10.7 Å². The molecule has 0 aliphatic heterocycles. The molecule has 4 aromatic rings. The largest absolute Gasteiger partial charge is 0.478 e. The first kappa shape index (κ1) is 27.7. The molecule has 1 aliphatic carbocycles. The quantitative estimate of drug-likeness (QED) is 0.0796. The number of aromatic nitrogens is 3. The van der Waals surface area contributed by atoms with Crippen molar-refractivity contribution in [1.82, 2.24) is 30.5 Å². The molecule has 0 spiro atoms. The number of amides is 2. The number of nitriles is 1. The van der Waals surface area contributed by atoms with Crippen molar-refractivity contribution >= 4 is 35.1 Å². The van der Waals surface area contributed by atoms with Crippen molar-refractivity contribution in [3.63, 3.8) is 0 Å². The van der Waals surface area contributed by atoms with Crippen molar-refractivity contribution in [2.45, 2.75) is 25.1 Å². The summed E-state index contributed by atoms with van der Waals surface area (Å²) in [5, 5.41) is 39.9. The summed E-state index contributed by atoms with van der Waals surface area (Å²) < 4.78 is 15.5. The normalized spacial score (nSPS) is 16.0. The molecule has 15 heteroatoms. The zero-order valence-corrected chi connectivity index (χ0v) is 21.6. The van der Waals surface area contributed by atoms with Crippen LogP contribution in [0.1, 0.15) is 54.1 Å². The highest BCUT2D eigenvalue weighted by molar-refractivity contribution is 5.98.